The molecule has 0 saturated carbocycles. The number of nitrogens with zero attached hydrogens (tertiary/aromatic N) is 1. The molecule has 2 aromatic carbocycles. The van der Waals surface area contributed by atoms with Crippen LogP contribution in [0.25, 0.3) is 0 Å². The first-order chi connectivity index (χ1) is 16.4. The predicted molar refractivity (Wildman–Crippen MR) is 129 cm³/mol. The summed E-state index contributed by atoms with van der Waals surface area (Å²) >= 11 is 0. The minimum atomic E-state index is -0.327. The molecule has 7 nitrogen and oxygen atoms in total. The summed E-state index contributed by atoms with van der Waals surface area (Å²) in [6, 6.07) is 13.4. The Hall–Kier alpha value is -2.77. The lowest BCUT2D eigenvalue weighted by Gasteiger charge is -2.47. The largest absolute Gasteiger partial charge is 0.493 e. The van der Waals surface area contributed by atoms with Gasteiger partial charge in [-0.2, -0.15) is 0 Å². The van der Waals surface area contributed by atoms with Crippen molar-refractivity contribution in [3.8, 4) is 17.2 Å². The molecule has 1 fully saturated rings. The van der Waals surface area contributed by atoms with E-state index in [2.05, 4.69) is 19.9 Å². The quantitative estimate of drug-likeness (QED) is 0.578. The summed E-state index contributed by atoms with van der Waals surface area (Å²) in [7, 11) is 1.56. The number of benzene rings is 2. The Balaban J connectivity index is 1.44. The highest BCUT2D eigenvalue weighted by molar-refractivity contribution is 5.95. The van der Waals surface area contributed by atoms with Crippen LogP contribution in [0.1, 0.15) is 61.6 Å². The van der Waals surface area contributed by atoms with Crippen LogP contribution in [0.2, 0.25) is 0 Å². The van der Waals surface area contributed by atoms with Gasteiger partial charge in [0.2, 0.25) is 0 Å². The summed E-state index contributed by atoms with van der Waals surface area (Å²) in [6.45, 7) is 5.80. The monoisotopic (exact) mass is 469 g/mol. The first-order valence-electron chi connectivity index (χ1n) is 12.1. The number of carbonyl (C=O) groups excluding carboxylic acids is 1. The van der Waals surface area contributed by atoms with Crippen LogP contribution in [-0.4, -0.2) is 61.0 Å². The van der Waals surface area contributed by atoms with Crippen molar-refractivity contribution in [2.75, 3.05) is 33.4 Å². The molecule has 2 heterocycles. The summed E-state index contributed by atoms with van der Waals surface area (Å²) in [5, 5.41) is 8.95. The standard InChI is InChI=1S/C27H35NO6/c1-19(2)33-25-18-27(34-22-8-5-4-7-21(22)25)11-13-28(14-12-27)26(30)20-9-10-23(24(17-20)31-3)32-16-6-15-29/h4-5,7-10,17,19,25,29H,6,11-16,18H2,1-3H3/t25-/m0/s1. The number of aliphatic hydroxyl groups excluding tert-OH is 1. The number of hydrogen-bond donors (Lipinski definition) is 1. The van der Waals surface area contributed by atoms with E-state index in [1.807, 2.05) is 23.1 Å². The van der Waals surface area contributed by atoms with Crippen LogP contribution in [0.15, 0.2) is 42.5 Å². The summed E-state index contributed by atoms with van der Waals surface area (Å²) < 4.78 is 23.9. The molecule has 0 aromatic heterocycles. The Labute approximate surface area is 201 Å². The van der Waals surface area contributed by atoms with Gasteiger partial charge in [0, 0.05) is 56.5 Å². The molecule has 184 valence electrons. The lowest BCUT2D eigenvalue weighted by Crippen LogP contribution is -2.52. The Morgan fingerprint density at radius 2 is 1.94 bits per heavy atom. The molecule has 2 aliphatic rings. The van der Waals surface area contributed by atoms with Gasteiger partial charge in [-0.15, -0.1) is 0 Å². The van der Waals surface area contributed by atoms with E-state index in [9.17, 15) is 4.79 Å². The molecule has 4 rings (SSSR count). The number of ether oxygens (including phenoxy) is 4. The molecule has 1 N–H and O–H groups in total. The number of likely N-dealkylation sites (tertiary alicyclic amines) is 1. The minimum Gasteiger partial charge on any atom is -0.493 e. The molecule has 1 saturated heterocycles. The molecule has 0 unspecified atom stereocenters. The van der Waals surface area contributed by atoms with Gasteiger partial charge in [0.05, 0.1) is 25.9 Å². The molecule has 1 atom stereocenters. The third kappa shape index (κ3) is 5.31. The first kappa shape index (κ1) is 24.4. The lowest BCUT2D eigenvalue weighted by atomic mass is 9.81. The SMILES string of the molecule is COc1cc(C(=O)N2CCC3(CC2)C[C@H](OC(C)C)c2ccccc2O3)ccc1OCCCO. The highest BCUT2D eigenvalue weighted by atomic mass is 16.5. The fourth-order valence-electron chi connectivity index (χ4n) is 4.78. The maximum Gasteiger partial charge on any atom is 0.253 e. The number of rotatable bonds is 8. The van der Waals surface area contributed by atoms with Crippen molar-refractivity contribution in [3.63, 3.8) is 0 Å². The van der Waals surface area contributed by atoms with E-state index < -0.39 is 0 Å². The Morgan fingerprint density at radius 1 is 1.18 bits per heavy atom. The molecule has 7 heteroatoms. The topological polar surface area (TPSA) is 77.5 Å². The normalized spacial score (nSPS) is 19.0. The fourth-order valence-corrected chi connectivity index (χ4v) is 4.78. The predicted octanol–water partition coefficient (Wildman–Crippen LogP) is 4.38. The number of carbonyl (C=O) groups is 1. The van der Waals surface area contributed by atoms with Gasteiger partial charge in [0.25, 0.3) is 5.91 Å². The van der Waals surface area contributed by atoms with Crippen molar-refractivity contribution in [2.24, 2.45) is 0 Å². The second-order valence-electron chi connectivity index (χ2n) is 9.28. The van der Waals surface area contributed by atoms with Crippen molar-refractivity contribution in [2.45, 2.75) is 57.3 Å². The number of piperidine rings is 1. The van der Waals surface area contributed by atoms with Crippen molar-refractivity contribution in [1.29, 1.82) is 0 Å². The highest BCUT2D eigenvalue weighted by Gasteiger charge is 2.44. The molecule has 0 aliphatic carbocycles. The van der Waals surface area contributed by atoms with Gasteiger partial charge in [-0.3, -0.25) is 4.79 Å². The van der Waals surface area contributed by atoms with Gasteiger partial charge in [-0.25, -0.2) is 0 Å². The Bertz CT molecular complexity index is 983. The van der Waals surface area contributed by atoms with E-state index in [1.54, 1.807) is 25.3 Å². The molecule has 1 amide bonds. The summed E-state index contributed by atoms with van der Waals surface area (Å²) in [5.41, 5.74) is 1.35. The molecule has 2 aliphatic heterocycles. The average Bonchev–Trinajstić information content (AvgIpc) is 2.84. The van der Waals surface area contributed by atoms with Crippen molar-refractivity contribution < 1.29 is 28.8 Å². The number of aliphatic hydroxyl groups is 1. The molecular weight excluding hydrogens is 434 g/mol. The van der Waals surface area contributed by atoms with E-state index >= 15 is 0 Å². The molecule has 2 aromatic rings. The van der Waals surface area contributed by atoms with Crippen LogP contribution in [0.5, 0.6) is 17.2 Å². The molecule has 0 radical (unpaired) electrons. The third-order valence-corrected chi connectivity index (χ3v) is 6.52. The number of hydrogen-bond acceptors (Lipinski definition) is 6. The molecule has 0 bridgehead atoms. The van der Waals surface area contributed by atoms with E-state index in [0.29, 0.717) is 43.2 Å². The van der Waals surface area contributed by atoms with Crippen molar-refractivity contribution >= 4 is 5.91 Å². The number of fused-ring (bicyclic) bond motifs is 1. The smallest absolute Gasteiger partial charge is 0.253 e. The van der Waals surface area contributed by atoms with Crippen LogP contribution < -0.4 is 14.2 Å². The third-order valence-electron chi connectivity index (χ3n) is 6.52. The lowest BCUT2D eigenvalue weighted by molar-refractivity contribution is -0.0872. The van der Waals surface area contributed by atoms with Gasteiger partial charge in [0.15, 0.2) is 11.5 Å². The van der Waals surface area contributed by atoms with Gasteiger partial charge < -0.3 is 29.0 Å². The van der Waals surface area contributed by atoms with E-state index in [4.69, 9.17) is 24.1 Å². The van der Waals surface area contributed by atoms with E-state index in [1.165, 1.54) is 0 Å². The Morgan fingerprint density at radius 3 is 2.65 bits per heavy atom. The van der Waals surface area contributed by atoms with Gasteiger partial charge in [-0.1, -0.05) is 18.2 Å². The molecule has 34 heavy (non-hydrogen) atoms. The van der Waals surface area contributed by atoms with Crippen molar-refractivity contribution in [3.05, 3.63) is 53.6 Å². The maximum atomic E-state index is 13.2. The van der Waals surface area contributed by atoms with E-state index in [-0.39, 0.29) is 30.3 Å². The van der Waals surface area contributed by atoms with Crippen molar-refractivity contribution in [1.82, 2.24) is 4.90 Å². The van der Waals surface area contributed by atoms with Crippen LogP contribution in [0.3, 0.4) is 0 Å². The van der Waals surface area contributed by atoms with Crippen LogP contribution in [0.4, 0.5) is 0 Å². The van der Waals surface area contributed by atoms with E-state index in [0.717, 1.165) is 30.6 Å². The Kier molecular flexibility index (Phi) is 7.63. The van der Waals surface area contributed by atoms with Gasteiger partial charge in [-0.05, 0) is 38.1 Å². The molecular formula is C27H35NO6. The fraction of sp³-hybridized carbons (Fsp3) is 0.519. The average molecular weight is 470 g/mol. The first-order valence-corrected chi connectivity index (χ1v) is 12.1. The number of para-hydroxylation sites is 1. The second kappa shape index (κ2) is 10.7. The van der Waals surface area contributed by atoms with Crippen LogP contribution in [-0.2, 0) is 4.74 Å². The number of amides is 1. The second-order valence-corrected chi connectivity index (χ2v) is 9.28. The molecule has 1 spiro atoms. The van der Waals surface area contributed by atoms with Crippen LogP contribution >= 0.6 is 0 Å². The summed E-state index contributed by atoms with van der Waals surface area (Å²) in [5.74, 6) is 1.94. The van der Waals surface area contributed by atoms with Crippen LogP contribution in [0, 0.1) is 0 Å². The van der Waals surface area contributed by atoms with Gasteiger partial charge >= 0.3 is 0 Å². The number of methoxy groups -OCH3 is 1. The summed E-state index contributed by atoms with van der Waals surface area (Å²) in [4.78, 5) is 15.1. The van der Waals surface area contributed by atoms with Gasteiger partial charge in [0.1, 0.15) is 11.4 Å². The minimum absolute atomic E-state index is 0.00478. The zero-order chi connectivity index (χ0) is 24.1. The highest BCUT2D eigenvalue weighted by Crippen LogP contribution is 2.46. The summed E-state index contributed by atoms with van der Waals surface area (Å²) in [6.07, 6.45) is 2.96. The zero-order valence-electron chi connectivity index (χ0n) is 20.3. The zero-order valence-corrected chi connectivity index (χ0v) is 20.3. The maximum absolute atomic E-state index is 13.2.